The summed E-state index contributed by atoms with van der Waals surface area (Å²) in [5.41, 5.74) is 0. The molecule has 0 spiro atoms. The van der Waals surface area contributed by atoms with Gasteiger partial charge in [-0.05, 0) is 28.8 Å². The molecule has 0 aromatic heterocycles. The zero-order chi connectivity index (χ0) is 13.5. The average molecular weight is 299 g/mol. The summed E-state index contributed by atoms with van der Waals surface area (Å²) in [4.78, 5) is 0. The van der Waals surface area contributed by atoms with E-state index in [1.807, 2.05) is 12.1 Å². The van der Waals surface area contributed by atoms with Crippen molar-refractivity contribution in [2.24, 2.45) is 0 Å². The number of halogens is 2. The molecular formula is C14H16Cl2OSi. The first-order valence-electron chi connectivity index (χ1n) is 5.80. The van der Waals surface area contributed by atoms with E-state index in [0.717, 1.165) is 16.5 Å². The lowest BCUT2D eigenvalue weighted by atomic mass is 10.1. The fraction of sp³-hybridized carbons (Fsp3) is 0.286. The Labute approximate surface area is 119 Å². The molecule has 0 N–H and O–H groups in total. The van der Waals surface area contributed by atoms with Crippen molar-refractivity contribution >= 4 is 47.2 Å². The van der Waals surface area contributed by atoms with Crippen LogP contribution >= 0.6 is 23.2 Å². The predicted octanol–water partition coefficient (Wildman–Crippen LogP) is 4.70. The number of methoxy groups -OCH3 is 1. The van der Waals surface area contributed by atoms with Crippen molar-refractivity contribution in [3.63, 3.8) is 0 Å². The van der Waals surface area contributed by atoms with Crippen LogP contribution in [0.3, 0.4) is 0 Å². The zero-order valence-electron chi connectivity index (χ0n) is 11.0. The summed E-state index contributed by atoms with van der Waals surface area (Å²) in [6.07, 6.45) is 0. The van der Waals surface area contributed by atoms with E-state index in [1.54, 1.807) is 13.2 Å². The second kappa shape index (κ2) is 4.76. The average Bonchev–Trinajstić information content (AvgIpc) is 2.26. The van der Waals surface area contributed by atoms with Crippen LogP contribution < -0.4 is 9.92 Å². The van der Waals surface area contributed by atoms with Crippen molar-refractivity contribution in [3.8, 4) is 5.75 Å². The van der Waals surface area contributed by atoms with Crippen molar-refractivity contribution in [1.29, 1.82) is 0 Å². The quantitative estimate of drug-likeness (QED) is 0.730. The Morgan fingerprint density at radius 1 is 1.00 bits per heavy atom. The Bertz CT molecular complexity index is 603. The summed E-state index contributed by atoms with van der Waals surface area (Å²) in [5, 5.41) is 4.68. The molecule has 0 heterocycles. The molecule has 0 aliphatic rings. The maximum Gasteiger partial charge on any atom is 0.118 e. The Balaban J connectivity index is 2.81. The molecule has 0 bridgehead atoms. The smallest absolute Gasteiger partial charge is 0.118 e. The highest BCUT2D eigenvalue weighted by atomic mass is 35.5. The molecule has 0 aliphatic heterocycles. The van der Waals surface area contributed by atoms with E-state index in [0.29, 0.717) is 10.0 Å². The zero-order valence-corrected chi connectivity index (χ0v) is 13.5. The van der Waals surface area contributed by atoms with Gasteiger partial charge in [-0.15, -0.1) is 0 Å². The fourth-order valence-electron chi connectivity index (χ4n) is 2.07. The van der Waals surface area contributed by atoms with Crippen LogP contribution in [0.4, 0.5) is 0 Å². The minimum Gasteiger partial charge on any atom is -0.497 e. The van der Waals surface area contributed by atoms with Crippen molar-refractivity contribution in [2.45, 2.75) is 19.6 Å². The lowest BCUT2D eigenvalue weighted by Crippen LogP contribution is -2.38. The third-order valence-electron chi connectivity index (χ3n) is 2.99. The molecular weight excluding hydrogens is 283 g/mol. The minimum absolute atomic E-state index is 0.665. The maximum absolute atomic E-state index is 6.23. The van der Waals surface area contributed by atoms with Gasteiger partial charge in [0.2, 0.25) is 0 Å². The number of hydrogen-bond acceptors (Lipinski definition) is 1. The molecule has 1 nitrogen and oxygen atoms in total. The monoisotopic (exact) mass is 298 g/mol. The van der Waals surface area contributed by atoms with Crippen molar-refractivity contribution in [3.05, 3.63) is 34.3 Å². The van der Waals surface area contributed by atoms with Gasteiger partial charge in [0.1, 0.15) is 5.75 Å². The standard InChI is InChI=1S/C14H16Cl2OSi/c1-17-13-8-11-9(5-10(15)7-12(11)16)6-14(13)18(2,3)4/h5-8H,1-4H3. The van der Waals surface area contributed by atoms with E-state index >= 15 is 0 Å². The Morgan fingerprint density at radius 2 is 1.67 bits per heavy atom. The van der Waals surface area contributed by atoms with Crippen molar-refractivity contribution < 1.29 is 4.74 Å². The first-order chi connectivity index (χ1) is 8.32. The Kier molecular flexibility index (Phi) is 3.63. The Hall–Kier alpha value is -0.703. The van der Waals surface area contributed by atoms with Gasteiger partial charge < -0.3 is 4.74 Å². The molecule has 0 fully saturated rings. The number of hydrogen-bond donors (Lipinski definition) is 0. The second-order valence-corrected chi connectivity index (χ2v) is 11.3. The van der Waals surface area contributed by atoms with Gasteiger partial charge in [0.15, 0.2) is 0 Å². The van der Waals surface area contributed by atoms with Gasteiger partial charge >= 0.3 is 0 Å². The van der Waals surface area contributed by atoms with Crippen LogP contribution in [0.1, 0.15) is 0 Å². The molecule has 0 saturated carbocycles. The van der Waals surface area contributed by atoms with Crippen LogP contribution in [0, 0.1) is 0 Å². The minimum atomic E-state index is -1.46. The molecule has 96 valence electrons. The van der Waals surface area contributed by atoms with Gasteiger partial charge in [0.25, 0.3) is 0 Å². The first-order valence-corrected chi connectivity index (χ1v) is 10.1. The van der Waals surface area contributed by atoms with Crippen LogP contribution in [-0.4, -0.2) is 15.2 Å². The van der Waals surface area contributed by atoms with E-state index in [1.165, 1.54) is 5.19 Å². The highest BCUT2D eigenvalue weighted by molar-refractivity contribution is 6.89. The second-order valence-electron chi connectivity index (χ2n) is 5.41. The summed E-state index contributed by atoms with van der Waals surface area (Å²) >= 11 is 12.3. The van der Waals surface area contributed by atoms with Gasteiger partial charge in [-0.3, -0.25) is 0 Å². The highest BCUT2D eigenvalue weighted by Gasteiger charge is 2.22. The molecule has 2 aromatic rings. The summed E-state index contributed by atoms with van der Waals surface area (Å²) in [6.45, 7) is 6.88. The molecule has 0 atom stereocenters. The van der Waals surface area contributed by atoms with E-state index < -0.39 is 8.07 Å². The Morgan fingerprint density at radius 3 is 2.22 bits per heavy atom. The van der Waals surface area contributed by atoms with Crippen LogP contribution in [0.5, 0.6) is 5.75 Å². The van der Waals surface area contributed by atoms with Crippen LogP contribution in [0.2, 0.25) is 29.7 Å². The molecule has 0 saturated heterocycles. The number of rotatable bonds is 2. The van der Waals surface area contributed by atoms with E-state index in [2.05, 4.69) is 25.7 Å². The first kappa shape index (κ1) is 13.7. The number of ether oxygens (including phenoxy) is 1. The van der Waals surface area contributed by atoms with E-state index in [4.69, 9.17) is 27.9 Å². The molecule has 18 heavy (non-hydrogen) atoms. The van der Waals surface area contributed by atoms with E-state index in [9.17, 15) is 0 Å². The van der Waals surface area contributed by atoms with Crippen molar-refractivity contribution in [2.75, 3.05) is 7.11 Å². The van der Waals surface area contributed by atoms with Gasteiger partial charge in [0.05, 0.1) is 20.2 Å². The SMILES string of the molecule is COc1cc2c(Cl)cc(Cl)cc2cc1[Si](C)(C)C. The lowest BCUT2D eigenvalue weighted by molar-refractivity contribution is 0.418. The number of benzene rings is 2. The van der Waals surface area contributed by atoms with Crippen LogP contribution in [-0.2, 0) is 0 Å². The summed E-state index contributed by atoms with van der Waals surface area (Å²) in [5.74, 6) is 0.922. The third-order valence-corrected chi connectivity index (χ3v) is 5.53. The van der Waals surface area contributed by atoms with Gasteiger partial charge in [-0.25, -0.2) is 0 Å². The third kappa shape index (κ3) is 2.51. The normalized spacial score (nSPS) is 11.9. The van der Waals surface area contributed by atoms with Gasteiger partial charge in [-0.1, -0.05) is 48.9 Å². The largest absolute Gasteiger partial charge is 0.497 e. The highest BCUT2D eigenvalue weighted by Crippen LogP contribution is 2.31. The lowest BCUT2D eigenvalue weighted by Gasteiger charge is -2.21. The molecule has 0 unspecified atom stereocenters. The predicted molar refractivity (Wildman–Crippen MR) is 83.5 cm³/mol. The summed E-state index contributed by atoms with van der Waals surface area (Å²) in [7, 11) is 0.241. The van der Waals surface area contributed by atoms with Crippen molar-refractivity contribution in [1.82, 2.24) is 0 Å². The molecule has 4 heteroatoms. The molecule has 0 aliphatic carbocycles. The fourth-order valence-corrected chi connectivity index (χ4v) is 4.13. The topological polar surface area (TPSA) is 9.23 Å². The van der Waals surface area contributed by atoms with Crippen LogP contribution in [0.15, 0.2) is 24.3 Å². The van der Waals surface area contributed by atoms with Gasteiger partial charge in [-0.2, -0.15) is 0 Å². The summed E-state index contributed by atoms with van der Waals surface area (Å²) < 4.78 is 5.51. The number of fused-ring (bicyclic) bond motifs is 1. The maximum atomic E-state index is 6.23. The molecule has 0 amide bonds. The molecule has 2 rings (SSSR count). The van der Waals surface area contributed by atoms with Gasteiger partial charge in [0, 0.05) is 10.4 Å². The van der Waals surface area contributed by atoms with Crippen LogP contribution in [0.25, 0.3) is 10.8 Å². The molecule has 2 aromatic carbocycles. The summed E-state index contributed by atoms with van der Waals surface area (Å²) in [6, 6.07) is 7.89. The molecule has 0 radical (unpaired) electrons. The van der Waals surface area contributed by atoms with E-state index in [-0.39, 0.29) is 0 Å².